The van der Waals surface area contributed by atoms with Gasteiger partial charge >= 0.3 is 0 Å². The second-order valence-corrected chi connectivity index (χ2v) is 6.83. The number of rotatable bonds is 5. The van der Waals surface area contributed by atoms with Crippen LogP contribution in [-0.4, -0.2) is 48.5 Å². The summed E-state index contributed by atoms with van der Waals surface area (Å²) in [5, 5.41) is 12.1. The van der Waals surface area contributed by atoms with Crippen LogP contribution in [0.25, 0.3) is 0 Å². The zero-order valence-electron chi connectivity index (χ0n) is 15.5. The summed E-state index contributed by atoms with van der Waals surface area (Å²) in [5.41, 5.74) is 2.05. The number of nitrogens with one attached hydrogen (secondary N) is 1. The molecule has 2 heterocycles. The van der Waals surface area contributed by atoms with Crippen molar-refractivity contribution in [1.29, 1.82) is 0 Å². The van der Waals surface area contributed by atoms with Gasteiger partial charge in [0.1, 0.15) is 5.75 Å². The number of para-hydroxylation sites is 1. The number of piperazine rings is 1. The first-order valence-corrected chi connectivity index (χ1v) is 9.46. The number of nitrogens with zero attached hydrogens (tertiary/aromatic N) is 5. The maximum atomic E-state index is 6.19. The van der Waals surface area contributed by atoms with Gasteiger partial charge in [-0.3, -0.25) is 0 Å². The normalized spacial score (nSPS) is 14.1. The average Bonchev–Trinajstić information content (AvgIpc) is 2.75. The zero-order valence-corrected chi connectivity index (χ0v) is 16.3. The molecular formula is C20H21ClN6O. The summed E-state index contributed by atoms with van der Waals surface area (Å²) < 4.78 is 5.18. The molecule has 0 saturated carbocycles. The Bertz CT molecular complexity index is 931. The lowest BCUT2D eigenvalue weighted by Crippen LogP contribution is -2.47. The van der Waals surface area contributed by atoms with Gasteiger partial charge in [0, 0.05) is 37.6 Å². The predicted octanol–water partition coefficient (Wildman–Crippen LogP) is 3.60. The fraction of sp³-hybridized carbons (Fsp3) is 0.250. The molecule has 8 heteroatoms. The highest BCUT2D eigenvalue weighted by Crippen LogP contribution is 2.28. The van der Waals surface area contributed by atoms with E-state index in [4.69, 9.17) is 16.3 Å². The van der Waals surface area contributed by atoms with E-state index in [1.165, 1.54) is 5.69 Å². The van der Waals surface area contributed by atoms with Crippen molar-refractivity contribution in [2.24, 2.45) is 0 Å². The van der Waals surface area contributed by atoms with Crippen LogP contribution in [0.1, 0.15) is 0 Å². The van der Waals surface area contributed by atoms with Gasteiger partial charge in [0.2, 0.25) is 5.95 Å². The third kappa shape index (κ3) is 4.09. The Hall–Kier alpha value is -3.06. The van der Waals surface area contributed by atoms with Crippen LogP contribution in [0.3, 0.4) is 0 Å². The first-order valence-electron chi connectivity index (χ1n) is 9.08. The fourth-order valence-electron chi connectivity index (χ4n) is 3.18. The number of aromatic nitrogens is 3. The highest BCUT2D eigenvalue weighted by molar-refractivity contribution is 6.32. The van der Waals surface area contributed by atoms with Crippen LogP contribution in [0.4, 0.5) is 23.1 Å². The van der Waals surface area contributed by atoms with Crippen LogP contribution < -0.4 is 19.9 Å². The van der Waals surface area contributed by atoms with Crippen molar-refractivity contribution in [2.45, 2.75) is 0 Å². The SMILES string of the molecule is COc1ccc(Nc2cnnc(N3CCN(c4ccccc4)CC3)n2)cc1Cl. The first kappa shape index (κ1) is 18.3. The molecule has 3 aromatic rings. The third-order valence-electron chi connectivity index (χ3n) is 4.66. The highest BCUT2D eigenvalue weighted by atomic mass is 35.5. The molecule has 0 radical (unpaired) electrons. The Balaban J connectivity index is 1.42. The molecule has 1 aliphatic heterocycles. The van der Waals surface area contributed by atoms with Crippen molar-refractivity contribution in [2.75, 3.05) is 48.4 Å². The van der Waals surface area contributed by atoms with Gasteiger partial charge in [0.15, 0.2) is 5.82 Å². The standard InChI is InChI=1S/C20H21ClN6O/c1-28-18-8-7-15(13-17(18)21)23-19-14-22-25-20(24-19)27-11-9-26(10-12-27)16-5-3-2-4-6-16/h2-8,13-14H,9-12H2,1H3,(H,23,24,25). The smallest absolute Gasteiger partial charge is 0.247 e. The molecule has 144 valence electrons. The van der Waals surface area contributed by atoms with E-state index in [0.29, 0.717) is 22.5 Å². The fourth-order valence-corrected chi connectivity index (χ4v) is 3.44. The van der Waals surface area contributed by atoms with Gasteiger partial charge in [-0.15, -0.1) is 5.10 Å². The average molecular weight is 397 g/mol. The van der Waals surface area contributed by atoms with Crippen molar-refractivity contribution >= 4 is 34.7 Å². The maximum absolute atomic E-state index is 6.19. The second-order valence-electron chi connectivity index (χ2n) is 6.43. The van der Waals surface area contributed by atoms with Crippen molar-refractivity contribution in [1.82, 2.24) is 15.2 Å². The molecule has 1 saturated heterocycles. The lowest BCUT2D eigenvalue weighted by molar-refractivity contribution is 0.415. The molecule has 0 spiro atoms. The van der Waals surface area contributed by atoms with Crippen LogP contribution in [0, 0.1) is 0 Å². The van der Waals surface area contributed by atoms with Crippen LogP contribution in [0.15, 0.2) is 54.7 Å². The Morgan fingerprint density at radius 3 is 2.46 bits per heavy atom. The number of halogens is 1. The van der Waals surface area contributed by atoms with E-state index >= 15 is 0 Å². The van der Waals surface area contributed by atoms with E-state index in [-0.39, 0.29) is 0 Å². The van der Waals surface area contributed by atoms with E-state index in [9.17, 15) is 0 Å². The Morgan fingerprint density at radius 2 is 1.75 bits per heavy atom. The Labute approximate surface area is 168 Å². The predicted molar refractivity (Wildman–Crippen MR) is 112 cm³/mol. The van der Waals surface area contributed by atoms with Crippen molar-refractivity contribution < 1.29 is 4.74 Å². The number of hydrogen-bond acceptors (Lipinski definition) is 7. The van der Waals surface area contributed by atoms with Gasteiger partial charge in [-0.25, -0.2) is 0 Å². The molecule has 4 rings (SSSR count). The second kappa shape index (κ2) is 8.31. The molecule has 7 nitrogen and oxygen atoms in total. The third-order valence-corrected chi connectivity index (χ3v) is 4.95. The molecule has 0 atom stereocenters. The zero-order chi connectivity index (χ0) is 19.3. The lowest BCUT2D eigenvalue weighted by Gasteiger charge is -2.35. The van der Waals surface area contributed by atoms with Gasteiger partial charge in [-0.2, -0.15) is 10.1 Å². The molecule has 0 amide bonds. The van der Waals surface area contributed by atoms with Gasteiger partial charge < -0.3 is 19.9 Å². The minimum absolute atomic E-state index is 0.534. The number of benzene rings is 2. The maximum Gasteiger partial charge on any atom is 0.247 e. The lowest BCUT2D eigenvalue weighted by atomic mass is 10.2. The summed E-state index contributed by atoms with van der Waals surface area (Å²) in [6.45, 7) is 3.51. The van der Waals surface area contributed by atoms with E-state index in [2.05, 4.69) is 54.6 Å². The summed E-state index contributed by atoms with van der Waals surface area (Å²) in [4.78, 5) is 9.13. The quantitative estimate of drug-likeness (QED) is 0.706. The van der Waals surface area contributed by atoms with E-state index in [0.717, 1.165) is 31.9 Å². The van der Waals surface area contributed by atoms with E-state index in [1.54, 1.807) is 19.4 Å². The van der Waals surface area contributed by atoms with Gasteiger partial charge in [0.05, 0.1) is 18.3 Å². The van der Waals surface area contributed by atoms with Crippen LogP contribution in [0.2, 0.25) is 5.02 Å². The van der Waals surface area contributed by atoms with E-state index in [1.807, 2.05) is 18.2 Å². The number of ether oxygens (including phenoxy) is 1. The van der Waals surface area contributed by atoms with Gasteiger partial charge in [-0.1, -0.05) is 29.8 Å². The minimum Gasteiger partial charge on any atom is -0.495 e. The van der Waals surface area contributed by atoms with Gasteiger partial charge in [0.25, 0.3) is 0 Å². The molecular weight excluding hydrogens is 376 g/mol. The molecule has 0 aliphatic carbocycles. The van der Waals surface area contributed by atoms with Gasteiger partial charge in [-0.05, 0) is 30.3 Å². The largest absolute Gasteiger partial charge is 0.495 e. The van der Waals surface area contributed by atoms with E-state index < -0.39 is 0 Å². The molecule has 1 N–H and O–H groups in total. The minimum atomic E-state index is 0.534. The van der Waals surface area contributed by atoms with Crippen LogP contribution in [0.5, 0.6) is 5.75 Å². The van der Waals surface area contributed by atoms with Crippen molar-refractivity contribution in [3.05, 3.63) is 59.8 Å². The van der Waals surface area contributed by atoms with Crippen LogP contribution in [-0.2, 0) is 0 Å². The summed E-state index contributed by atoms with van der Waals surface area (Å²) in [6, 6.07) is 15.9. The molecule has 2 aromatic carbocycles. The number of hydrogen-bond donors (Lipinski definition) is 1. The number of methoxy groups -OCH3 is 1. The Morgan fingerprint density at radius 1 is 1.00 bits per heavy atom. The topological polar surface area (TPSA) is 66.4 Å². The summed E-state index contributed by atoms with van der Waals surface area (Å²) >= 11 is 6.19. The summed E-state index contributed by atoms with van der Waals surface area (Å²) in [7, 11) is 1.59. The monoisotopic (exact) mass is 396 g/mol. The van der Waals surface area contributed by atoms with Crippen molar-refractivity contribution in [3.8, 4) is 5.75 Å². The summed E-state index contributed by atoms with van der Waals surface area (Å²) in [5.74, 6) is 1.87. The molecule has 1 aromatic heterocycles. The molecule has 0 unspecified atom stereocenters. The van der Waals surface area contributed by atoms with Crippen LogP contribution >= 0.6 is 11.6 Å². The summed E-state index contributed by atoms with van der Waals surface area (Å²) in [6.07, 6.45) is 1.60. The number of anilines is 4. The molecule has 0 bridgehead atoms. The molecule has 28 heavy (non-hydrogen) atoms. The molecule has 1 fully saturated rings. The molecule has 1 aliphatic rings. The Kier molecular flexibility index (Phi) is 5.43. The highest BCUT2D eigenvalue weighted by Gasteiger charge is 2.19. The first-order chi connectivity index (χ1) is 13.7. The van der Waals surface area contributed by atoms with Crippen molar-refractivity contribution in [3.63, 3.8) is 0 Å².